The third-order valence-corrected chi connectivity index (χ3v) is 4.72. The monoisotopic (exact) mass is 302 g/mol. The summed E-state index contributed by atoms with van der Waals surface area (Å²) in [5.74, 6) is -0.937. The molecule has 0 amide bonds. The Morgan fingerprint density at radius 1 is 1.35 bits per heavy atom. The van der Waals surface area contributed by atoms with E-state index in [0.717, 1.165) is 0 Å². The number of carboxylic acids is 1. The van der Waals surface area contributed by atoms with Gasteiger partial charge in [-0.2, -0.15) is 0 Å². The van der Waals surface area contributed by atoms with Crippen molar-refractivity contribution in [3.63, 3.8) is 0 Å². The van der Waals surface area contributed by atoms with Gasteiger partial charge in [0.2, 0.25) is 10.0 Å². The third-order valence-electron chi connectivity index (χ3n) is 2.93. The zero-order valence-corrected chi connectivity index (χ0v) is 13.3. The van der Waals surface area contributed by atoms with Crippen LogP contribution in [-0.2, 0) is 10.0 Å². The van der Waals surface area contributed by atoms with Gasteiger partial charge < -0.3 is 9.67 Å². The van der Waals surface area contributed by atoms with E-state index in [-0.39, 0.29) is 22.5 Å². The zero-order valence-electron chi connectivity index (χ0n) is 12.5. The smallest absolute Gasteiger partial charge is 0.352 e. The maximum Gasteiger partial charge on any atom is 0.352 e. The largest absolute Gasteiger partial charge is 0.477 e. The number of nitrogens with zero attached hydrogens (tertiary/aromatic N) is 2. The molecule has 0 spiro atoms. The van der Waals surface area contributed by atoms with E-state index in [4.69, 9.17) is 5.11 Å². The van der Waals surface area contributed by atoms with E-state index < -0.39 is 16.0 Å². The molecule has 1 rings (SSSR count). The molecule has 1 N–H and O–H groups in total. The number of aromatic nitrogens is 1. The van der Waals surface area contributed by atoms with Crippen molar-refractivity contribution in [2.24, 2.45) is 5.92 Å². The number of rotatable bonds is 6. The van der Waals surface area contributed by atoms with Crippen molar-refractivity contribution in [2.45, 2.75) is 38.6 Å². The van der Waals surface area contributed by atoms with Gasteiger partial charge in [-0.05, 0) is 25.8 Å². The van der Waals surface area contributed by atoms with Crippen molar-refractivity contribution in [1.29, 1.82) is 0 Å². The Kier molecular flexibility index (Phi) is 4.99. The number of hydrogen-bond acceptors (Lipinski definition) is 3. The summed E-state index contributed by atoms with van der Waals surface area (Å²) in [5.41, 5.74) is -0.0171. The van der Waals surface area contributed by atoms with Crippen LogP contribution in [0.15, 0.2) is 17.2 Å². The van der Waals surface area contributed by atoms with Gasteiger partial charge in [-0.3, -0.25) is 0 Å². The zero-order chi connectivity index (χ0) is 15.7. The lowest BCUT2D eigenvalue weighted by molar-refractivity contribution is 0.0683. The minimum absolute atomic E-state index is 0.0171. The lowest BCUT2D eigenvalue weighted by Gasteiger charge is -2.18. The number of carboxylic acid groups (broad SMARTS) is 1. The van der Waals surface area contributed by atoms with E-state index in [9.17, 15) is 13.2 Å². The number of aromatic carboxylic acids is 1. The predicted octanol–water partition coefficient (Wildman–Crippen LogP) is 2.04. The van der Waals surface area contributed by atoms with E-state index in [1.165, 1.54) is 28.2 Å². The van der Waals surface area contributed by atoms with Crippen LogP contribution in [0, 0.1) is 5.92 Å². The van der Waals surface area contributed by atoms with Gasteiger partial charge in [-0.15, -0.1) is 0 Å². The van der Waals surface area contributed by atoms with E-state index in [2.05, 4.69) is 0 Å². The molecule has 0 unspecified atom stereocenters. The molecule has 0 bridgehead atoms. The molecule has 114 valence electrons. The summed E-state index contributed by atoms with van der Waals surface area (Å²) in [7, 11) is -2.15. The van der Waals surface area contributed by atoms with Crippen LogP contribution in [0.5, 0.6) is 0 Å². The summed E-state index contributed by atoms with van der Waals surface area (Å²) in [6.45, 7) is 7.85. The average molecular weight is 302 g/mol. The molecule has 0 aliphatic heterocycles. The average Bonchev–Trinajstić information content (AvgIpc) is 2.73. The van der Waals surface area contributed by atoms with Crippen LogP contribution in [0.1, 0.15) is 44.2 Å². The first-order valence-corrected chi connectivity index (χ1v) is 7.92. The molecule has 1 aromatic rings. The highest BCUT2D eigenvalue weighted by Gasteiger charge is 2.26. The minimum Gasteiger partial charge on any atom is -0.477 e. The second-order valence-electron chi connectivity index (χ2n) is 5.55. The molecule has 1 aromatic heterocycles. The van der Waals surface area contributed by atoms with Crippen LogP contribution in [0.4, 0.5) is 0 Å². The summed E-state index contributed by atoms with van der Waals surface area (Å²) < 4.78 is 27.5. The minimum atomic E-state index is -3.65. The molecule has 1 heterocycles. The molecule has 0 atom stereocenters. The predicted molar refractivity (Wildman–Crippen MR) is 76.4 cm³/mol. The lowest BCUT2D eigenvalue weighted by Crippen LogP contribution is -2.30. The Bertz CT molecular complexity index is 588. The fraction of sp³-hybridized carbons (Fsp3) is 0.615. The maximum atomic E-state index is 12.4. The molecule has 0 aliphatic rings. The highest BCUT2D eigenvalue weighted by molar-refractivity contribution is 7.89. The van der Waals surface area contributed by atoms with E-state index >= 15 is 0 Å². The molecule has 0 fully saturated rings. The molecule has 7 heteroatoms. The molecule has 0 aromatic carbocycles. The number of sulfonamides is 1. The Labute approximate surface area is 120 Å². The molecule has 20 heavy (non-hydrogen) atoms. The standard InChI is InChI=1S/C13H22N2O4S/c1-9(2)7-14(5)20(18,19)11-6-12(13(16)17)15(8-11)10(3)4/h6,8-10H,7H2,1-5H3,(H,16,17). The highest BCUT2D eigenvalue weighted by atomic mass is 32.2. The summed E-state index contributed by atoms with van der Waals surface area (Å²) in [6, 6.07) is 1.09. The van der Waals surface area contributed by atoms with Crippen LogP contribution >= 0.6 is 0 Å². The lowest BCUT2D eigenvalue weighted by atomic mass is 10.2. The third kappa shape index (κ3) is 3.40. The molecule has 0 saturated carbocycles. The Morgan fingerprint density at radius 2 is 1.90 bits per heavy atom. The second kappa shape index (κ2) is 5.97. The summed E-state index contributed by atoms with van der Waals surface area (Å²) >= 11 is 0. The van der Waals surface area contributed by atoms with Crippen molar-refractivity contribution >= 4 is 16.0 Å². The number of carbonyl (C=O) groups is 1. The van der Waals surface area contributed by atoms with Crippen LogP contribution in [-0.4, -0.2) is 42.0 Å². The van der Waals surface area contributed by atoms with E-state index in [0.29, 0.717) is 6.54 Å². The van der Waals surface area contributed by atoms with Gasteiger partial charge in [0.15, 0.2) is 0 Å². The van der Waals surface area contributed by atoms with Crippen molar-refractivity contribution in [2.75, 3.05) is 13.6 Å². The molecule has 6 nitrogen and oxygen atoms in total. The highest BCUT2D eigenvalue weighted by Crippen LogP contribution is 2.22. The molecule has 0 radical (unpaired) electrons. The molecular formula is C13H22N2O4S. The van der Waals surface area contributed by atoms with Crippen LogP contribution in [0.2, 0.25) is 0 Å². The Morgan fingerprint density at radius 3 is 2.25 bits per heavy atom. The second-order valence-corrected chi connectivity index (χ2v) is 7.59. The fourth-order valence-electron chi connectivity index (χ4n) is 1.99. The topological polar surface area (TPSA) is 79.6 Å². The van der Waals surface area contributed by atoms with Gasteiger partial charge in [-0.1, -0.05) is 13.8 Å². The van der Waals surface area contributed by atoms with Gasteiger partial charge in [0.1, 0.15) is 10.6 Å². The van der Waals surface area contributed by atoms with E-state index in [1.54, 1.807) is 13.8 Å². The normalized spacial score (nSPS) is 12.6. The first kappa shape index (κ1) is 16.7. The fourth-order valence-corrected chi connectivity index (χ4v) is 3.35. The molecule has 0 aliphatic carbocycles. The van der Waals surface area contributed by atoms with Crippen molar-refractivity contribution in [3.8, 4) is 0 Å². The summed E-state index contributed by atoms with van der Waals surface area (Å²) in [6.07, 6.45) is 1.39. The summed E-state index contributed by atoms with van der Waals surface area (Å²) in [5, 5.41) is 9.15. The van der Waals surface area contributed by atoms with Gasteiger partial charge in [0.25, 0.3) is 0 Å². The van der Waals surface area contributed by atoms with Crippen molar-refractivity contribution < 1.29 is 18.3 Å². The van der Waals surface area contributed by atoms with Gasteiger partial charge in [0.05, 0.1) is 0 Å². The van der Waals surface area contributed by atoms with Crippen LogP contribution in [0.3, 0.4) is 0 Å². The molecule has 0 saturated heterocycles. The van der Waals surface area contributed by atoms with Gasteiger partial charge >= 0.3 is 5.97 Å². The van der Waals surface area contributed by atoms with Crippen LogP contribution in [0.25, 0.3) is 0 Å². The summed E-state index contributed by atoms with van der Waals surface area (Å²) in [4.78, 5) is 11.2. The van der Waals surface area contributed by atoms with Crippen LogP contribution < -0.4 is 0 Å². The first-order chi connectivity index (χ1) is 9.07. The van der Waals surface area contributed by atoms with Gasteiger partial charge in [0, 0.05) is 25.8 Å². The maximum absolute atomic E-state index is 12.4. The molecular weight excluding hydrogens is 280 g/mol. The quantitative estimate of drug-likeness (QED) is 0.872. The van der Waals surface area contributed by atoms with Crippen molar-refractivity contribution in [3.05, 3.63) is 18.0 Å². The van der Waals surface area contributed by atoms with Crippen molar-refractivity contribution in [1.82, 2.24) is 8.87 Å². The number of hydrogen-bond donors (Lipinski definition) is 1. The van der Waals surface area contributed by atoms with E-state index in [1.807, 2.05) is 13.8 Å². The van der Waals surface area contributed by atoms with Gasteiger partial charge in [-0.25, -0.2) is 17.5 Å². The first-order valence-electron chi connectivity index (χ1n) is 6.48. The Hall–Kier alpha value is -1.34. The SMILES string of the molecule is CC(C)CN(C)S(=O)(=O)c1cc(C(=O)O)n(C(C)C)c1. The Balaban J connectivity index is 3.26.